The van der Waals surface area contributed by atoms with Gasteiger partial charge in [0.15, 0.2) is 0 Å². The lowest BCUT2D eigenvalue weighted by molar-refractivity contribution is -0.0301. The van der Waals surface area contributed by atoms with Crippen LogP contribution in [-0.2, 0) is 11.3 Å². The summed E-state index contributed by atoms with van der Waals surface area (Å²) in [4.78, 5) is 2.59. The van der Waals surface area contributed by atoms with Crippen LogP contribution in [0.1, 0.15) is 32.3 Å². The topological polar surface area (TPSA) is 33.7 Å². The zero-order valence-corrected chi connectivity index (χ0v) is 13.8. The minimum atomic E-state index is 0.215. The predicted octanol–water partition coefficient (Wildman–Crippen LogP) is 2.43. The van der Waals surface area contributed by atoms with Crippen molar-refractivity contribution >= 4 is 0 Å². The van der Waals surface area contributed by atoms with Crippen molar-refractivity contribution in [2.75, 3.05) is 26.2 Å². The first-order chi connectivity index (χ1) is 10.7. The van der Waals surface area contributed by atoms with Gasteiger partial charge in [-0.1, -0.05) is 12.1 Å². The number of hydrogen-bond acceptors (Lipinski definition) is 4. The van der Waals surface area contributed by atoms with E-state index in [-0.39, 0.29) is 6.10 Å². The lowest BCUT2D eigenvalue weighted by Gasteiger charge is -2.33. The Balaban J connectivity index is 1.42. The molecule has 1 saturated heterocycles. The quantitative estimate of drug-likeness (QED) is 0.839. The Morgan fingerprint density at radius 2 is 2.23 bits per heavy atom. The zero-order valence-electron chi connectivity index (χ0n) is 13.8. The smallest absolute Gasteiger partial charge is 0.120 e. The van der Waals surface area contributed by atoms with Crippen LogP contribution in [0.15, 0.2) is 24.3 Å². The van der Waals surface area contributed by atoms with Crippen molar-refractivity contribution < 1.29 is 9.47 Å². The standard InChI is InChI=1S/C18H28N2O2/c1-14(2)22-17-5-3-4-15(10-17)11-19-12-18-13-20(8-9-21-18)16-6-7-16/h3-5,10,14,16,18-19H,6-9,11-13H2,1-2H3. The molecule has 1 atom stereocenters. The second-order valence-corrected chi connectivity index (χ2v) is 6.66. The van der Waals surface area contributed by atoms with Gasteiger partial charge in [0.1, 0.15) is 5.75 Å². The third-order valence-corrected chi connectivity index (χ3v) is 4.20. The first-order valence-corrected chi connectivity index (χ1v) is 8.52. The number of hydrogen-bond donors (Lipinski definition) is 1. The van der Waals surface area contributed by atoms with Gasteiger partial charge in [0.25, 0.3) is 0 Å². The number of morpholine rings is 1. The molecule has 1 aromatic rings. The van der Waals surface area contributed by atoms with Crippen LogP contribution >= 0.6 is 0 Å². The second kappa shape index (κ2) is 7.44. The molecule has 1 saturated carbocycles. The number of benzene rings is 1. The molecular formula is C18H28N2O2. The highest BCUT2D eigenvalue weighted by molar-refractivity contribution is 5.28. The molecule has 22 heavy (non-hydrogen) atoms. The summed E-state index contributed by atoms with van der Waals surface area (Å²) in [5.74, 6) is 0.947. The lowest BCUT2D eigenvalue weighted by Crippen LogP contribution is -2.47. The van der Waals surface area contributed by atoms with E-state index in [9.17, 15) is 0 Å². The van der Waals surface area contributed by atoms with E-state index in [1.54, 1.807) is 0 Å². The van der Waals surface area contributed by atoms with Crippen molar-refractivity contribution in [2.24, 2.45) is 0 Å². The maximum absolute atomic E-state index is 5.87. The van der Waals surface area contributed by atoms with Gasteiger partial charge in [-0.15, -0.1) is 0 Å². The SMILES string of the molecule is CC(C)Oc1cccc(CNCC2CN(C3CC3)CCO2)c1. The highest BCUT2D eigenvalue weighted by Gasteiger charge is 2.32. The number of nitrogens with zero attached hydrogens (tertiary/aromatic N) is 1. The Labute approximate surface area is 133 Å². The molecule has 0 amide bonds. The molecule has 1 heterocycles. The van der Waals surface area contributed by atoms with Crippen LogP contribution in [0.4, 0.5) is 0 Å². The van der Waals surface area contributed by atoms with Crippen LogP contribution in [0, 0.1) is 0 Å². The fourth-order valence-corrected chi connectivity index (χ4v) is 3.02. The van der Waals surface area contributed by atoms with E-state index in [0.29, 0.717) is 6.10 Å². The van der Waals surface area contributed by atoms with Crippen molar-refractivity contribution in [2.45, 2.75) is 51.5 Å². The molecule has 3 rings (SSSR count). The molecule has 0 spiro atoms. The van der Waals surface area contributed by atoms with E-state index in [4.69, 9.17) is 9.47 Å². The molecule has 1 N–H and O–H groups in total. The second-order valence-electron chi connectivity index (χ2n) is 6.66. The van der Waals surface area contributed by atoms with E-state index in [1.807, 2.05) is 6.07 Å². The van der Waals surface area contributed by atoms with E-state index < -0.39 is 0 Å². The van der Waals surface area contributed by atoms with Gasteiger partial charge in [-0.25, -0.2) is 0 Å². The average molecular weight is 304 g/mol. The Bertz CT molecular complexity index is 474. The Kier molecular flexibility index (Phi) is 5.34. The summed E-state index contributed by atoms with van der Waals surface area (Å²) in [6.45, 7) is 8.94. The molecular weight excluding hydrogens is 276 g/mol. The van der Waals surface area contributed by atoms with Crippen molar-refractivity contribution in [3.63, 3.8) is 0 Å². The fourth-order valence-electron chi connectivity index (χ4n) is 3.02. The van der Waals surface area contributed by atoms with Gasteiger partial charge in [-0.3, -0.25) is 4.90 Å². The Morgan fingerprint density at radius 3 is 3.00 bits per heavy atom. The summed E-state index contributed by atoms with van der Waals surface area (Å²) in [6.07, 6.45) is 3.29. The first-order valence-electron chi connectivity index (χ1n) is 8.52. The van der Waals surface area contributed by atoms with Crippen LogP contribution in [-0.4, -0.2) is 49.4 Å². The first kappa shape index (κ1) is 15.8. The van der Waals surface area contributed by atoms with E-state index in [2.05, 4.69) is 42.3 Å². The third kappa shape index (κ3) is 4.70. The summed E-state index contributed by atoms with van der Waals surface area (Å²) >= 11 is 0. The van der Waals surface area contributed by atoms with Gasteiger partial charge in [-0.05, 0) is 44.4 Å². The van der Waals surface area contributed by atoms with Crippen molar-refractivity contribution in [3.8, 4) is 5.75 Å². The van der Waals surface area contributed by atoms with Crippen molar-refractivity contribution in [1.29, 1.82) is 0 Å². The molecule has 1 aromatic carbocycles. The molecule has 0 aromatic heterocycles. The van der Waals surface area contributed by atoms with E-state index >= 15 is 0 Å². The maximum Gasteiger partial charge on any atom is 0.120 e. The molecule has 4 heteroatoms. The number of ether oxygens (including phenoxy) is 2. The summed E-state index contributed by atoms with van der Waals surface area (Å²) in [5.41, 5.74) is 1.26. The van der Waals surface area contributed by atoms with Crippen LogP contribution in [0.2, 0.25) is 0 Å². The highest BCUT2D eigenvalue weighted by Crippen LogP contribution is 2.28. The number of rotatable bonds is 7. The van der Waals surface area contributed by atoms with Crippen LogP contribution in [0.5, 0.6) is 5.75 Å². The fraction of sp³-hybridized carbons (Fsp3) is 0.667. The summed E-state index contributed by atoms with van der Waals surface area (Å²) < 4.78 is 11.6. The summed E-state index contributed by atoms with van der Waals surface area (Å²) in [6, 6.07) is 9.17. The van der Waals surface area contributed by atoms with Gasteiger partial charge < -0.3 is 14.8 Å². The minimum Gasteiger partial charge on any atom is -0.491 e. The Morgan fingerprint density at radius 1 is 1.36 bits per heavy atom. The summed E-state index contributed by atoms with van der Waals surface area (Å²) in [7, 11) is 0. The van der Waals surface area contributed by atoms with Gasteiger partial charge in [0, 0.05) is 32.2 Å². The molecule has 1 aliphatic carbocycles. The predicted molar refractivity (Wildman–Crippen MR) is 88.2 cm³/mol. The molecule has 1 unspecified atom stereocenters. The number of nitrogens with one attached hydrogen (secondary N) is 1. The molecule has 0 radical (unpaired) electrons. The maximum atomic E-state index is 5.87. The van der Waals surface area contributed by atoms with Crippen LogP contribution in [0.3, 0.4) is 0 Å². The van der Waals surface area contributed by atoms with Crippen LogP contribution in [0.25, 0.3) is 0 Å². The monoisotopic (exact) mass is 304 g/mol. The highest BCUT2D eigenvalue weighted by atomic mass is 16.5. The van der Waals surface area contributed by atoms with Gasteiger partial charge in [-0.2, -0.15) is 0 Å². The van der Waals surface area contributed by atoms with Crippen LogP contribution < -0.4 is 10.1 Å². The normalized spacial score (nSPS) is 23.0. The average Bonchev–Trinajstić information content (AvgIpc) is 3.32. The van der Waals surface area contributed by atoms with Crippen molar-refractivity contribution in [3.05, 3.63) is 29.8 Å². The molecule has 4 nitrogen and oxygen atoms in total. The van der Waals surface area contributed by atoms with Gasteiger partial charge in [0.05, 0.1) is 18.8 Å². The van der Waals surface area contributed by atoms with Crippen molar-refractivity contribution in [1.82, 2.24) is 10.2 Å². The zero-order chi connectivity index (χ0) is 15.4. The molecule has 2 fully saturated rings. The summed E-state index contributed by atoms with van der Waals surface area (Å²) in [5, 5.41) is 3.52. The van der Waals surface area contributed by atoms with E-state index in [1.165, 1.54) is 18.4 Å². The van der Waals surface area contributed by atoms with E-state index in [0.717, 1.165) is 44.6 Å². The van der Waals surface area contributed by atoms with Gasteiger partial charge in [0.2, 0.25) is 0 Å². The molecule has 0 bridgehead atoms. The molecule has 122 valence electrons. The molecule has 2 aliphatic rings. The van der Waals surface area contributed by atoms with Gasteiger partial charge >= 0.3 is 0 Å². The lowest BCUT2D eigenvalue weighted by atomic mass is 10.2. The minimum absolute atomic E-state index is 0.215. The third-order valence-electron chi connectivity index (χ3n) is 4.20. The largest absolute Gasteiger partial charge is 0.491 e. The Hall–Kier alpha value is -1.10. The molecule has 1 aliphatic heterocycles.